The minimum atomic E-state index is -0.364. The van der Waals surface area contributed by atoms with E-state index in [-0.39, 0.29) is 5.97 Å². The van der Waals surface area contributed by atoms with E-state index in [0.29, 0.717) is 23.8 Å². The maximum Gasteiger partial charge on any atom is 0.338 e. The van der Waals surface area contributed by atoms with E-state index in [4.69, 9.17) is 21.1 Å². The van der Waals surface area contributed by atoms with Gasteiger partial charge >= 0.3 is 5.97 Å². The Morgan fingerprint density at radius 2 is 2.13 bits per heavy atom. The first kappa shape index (κ1) is 12.0. The molecule has 0 amide bonds. The van der Waals surface area contributed by atoms with Crippen molar-refractivity contribution in [3.8, 4) is 0 Å². The smallest absolute Gasteiger partial charge is 0.338 e. The van der Waals surface area contributed by atoms with Crippen LogP contribution in [0.4, 0.5) is 0 Å². The maximum absolute atomic E-state index is 11.4. The molecular weight excluding hydrogens is 216 g/mol. The Labute approximate surface area is 93.9 Å². The molecule has 0 aromatic heterocycles. The number of benzene rings is 1. The molecule has 0 heterocycles. The first-order chi connectivity index (χ1) is 7.17. The Hall–Kier alpha value is -1.06. The zero-order valence-corrected chi connectivity index (χ0v) is 9.50. The van der Waals surface area contributed by atoms with Gasteiger partial charge in [0, 0.05) is 12.1 Å². The van der Waals surface area contributed by atoms with Gasteiger partial charge in [-0.2, -0.15) is 0 Å². The molecule has 0 radical (unpaired) electrons. The molecule has 0 saturated heterocycles. The van der Waals surface area contributed by atoms with Crippen LogP contribution in [0, 0.1) is 0 Å². The van der Waals surface area contributed by atoms with Gasteiger partial charge in [-0.1, -0.05) is 11.6 Å². The Morgan fingerprint density at radius 1 is 1.40 bits per heavy atom. The number of carbonyl (C=O) groups is 1. The van der Waals surface area contributed by atoms with Crippen molar-refractivity contribution >= 4 is 17.6 Å². The van der Waals surface area contributed by atoms with Crippen molar-refractivity contribution in [1.29, 1.82) is 0 Å². The third kappa shape index (κ3) is 3.53. The largest absolute Gasteiger partial charge is 0.462 e. The van der Waals surface area contributed by atoms with Crippen LogP contribution in [0.2, 0.25) is 5.02 Å². The lowest BCUT2D eigenvalue weighted by Gasteiger charge is -2.05. The second-order valence-electron chi connectivity index (χ2n) is 3.00. The fraction of sp³-hybridized carbons (Fsp3) is 0.364. The van der Waals surface area contributed by atoms with E-state index in [0.717, 1.165) is 5.56 Å². The van der Waals surface area contributed by atoms with Gasteiger partial charge in [-0.15, -0.1) is 0 Å². The summed E-state index contributed by atoms with van der Waals surface area (Å²) in [5, 5.41) is 0.507. The molecule has 3 nitrogen and oxygen atoms in total. The van der Waals surface area contributed by atoms with E-state index < -0.39 is 0 Å². The van der Waals surface area contributed by atoms with Gasteiger partial charge in [0.25, 0.3) is 0 Å². The van der Waals surface area contributed by atoms with Gasteiger partial charge in [-0.05, 0) is 30.7 Å². The highest BCUT2D eigenvalue weighted by molar-refractivity contribution is 6.31. The zero-order chi connectivity index (χ0) is 11.3. The molecule has 1 rings (SSSR count). The summed E-state index contributed by atoms with van der Waals surface area (Å²) in [4.78, 5) is 11.4. The van der Waals surface area contributed by atoms with Crippen LogP contribution < -0.4 is 0 Å². The fourth-order valence-electron chi connectivity index (χ4n) is 1.23. The van der Waals surface area contributed by atoms with Crippen molar-refractivity contribution in [2.24, 2.45) is 0 Å². The van der Waals surface area contributed by atoms with Gasteiger partial charge in [-0.25, -0.2) is 4.79 Å². The van der Waals surface area contributed by atoms with E-state index in [1.54, 1.807) is 32.2 Å². The third-order valence-corrected chi connectivity index (χ3v) is 2.00. The molecule has 0 bridgehead atoms. The molecule has 4 heteroatoms. The van der Waals surface area contributed by atoms with Crippen LogP contribution in [0.5, 0.6) is 0 Å². The van der Waals surface area contributed by atoms with E-state index in [1.165, 1.54) is 0 Å². The molecule has 0 fully saturated rings. The van der Waals surface area contributed by atoms with Crippen molar-refractivity contribution in [1.82, 2.24) is 0 Å². The lowest BCUT2D eigenvalue weighted by atomic mass is 10.1. The highest BCUT2D eigenvalue weighted by Gasteiger charge is 2.08. The molecule has 0 N–H and O–H groups in total. The van der Waals surface area contributed by atoms with Gasteiger partial charge < -0.3 is 9.47 Å². The van der Waals surface area contributed by atoms with E-state index in [9.17, 15) is 4.79 Å². The molecular formula is C11H13ClO3. The minimum absolute atomic E-state index is 0.352. The molecule has 0 atom stereocenters. The molecule has 0 saturated carbocycles. The first-order valence-electron chi connectivity index (χ1n) is 4.63. The number of methoxy groups -OCH3 is 1. The Balaban J connectivity index is 2.92. The average Bonchev–Trinajstić information content (AvgIpc) is 2.17. The number of esters is 1. The maximum atomic E-state index is 11.4. The number of hydrogen-bond donors (Lipinski definition) is 0. The zero-order valence-electron chi connectivity index (χ0n) is 8.75. The van der Waals surface area contributed by atoms with E-state index in [1.807, 2.05) is 0 Å². The summed E-state index contributed by atoms with van der Waals surface area (Å²) in [6.07, 6.45) is 0. The summed E-state index contributed by atoms with van der Waals surface area (Å²) in [6, 6.07) is 5.06. The highest BCUT2D eigenvalue weighted by atomic mass is 35.5. The Morgan fingerprint density at radius 3 is 2.73 bits per heavy atom. The van der Waals surface area contributed by atoms with E-state index in [2.05, 4.69) is 0 Å². The summed E-state index contributed by atoms with van der Waals surface area (Å²) in [5.74, 6) is -0.364. The SMILES string of the molecule is CCOC(=O)c1cc(Cl)cc(COC)c1. The molecule has 0 aliphatic carbocycles. The second kappa shape index (κ2) is 5.73. The molecule has 0 aliphatic heterocycles. The van der Waals surface area contributed by atoms with Crippen molar-refractivity contribution in [2.45, 2.75) is 13.5 Å². The lowest BCUT2D eigenvalue weighted by Crippen LogP contribution is -2.05. The van der Waals surface area contributed by atoms with Crippen molar-refractivity contribution in [3.05, 3.63) is 34.3 Å². The van der Waals surface area contributed by atoms with Crippen LogP contribution in [0.15, 0.2) is 18.2 Å². The van der Waals surface area contributed by atoms with Gasteiger partial charge in [0.15, 0.2) is 0 Å². The van der Waals surface area contributed by atoms with Crippen molar-refractivity contribution < 1.29 is 14.3 Å². The molecule has 0 spiro atoms. The van der Waals surface area contributed by atoms with Gasteiger partial charge in [0.05, 0.1) is 18.8 Å². The molecule has 82 valence electrons. The number of hydrogen-bond acceptors (Lipinski definition) is 3. The summed E-state index contributed by atoms with van der Waals surface area (Å²) < 4.78 is 9.84. The van der Waals surface area contributed by atoms with Crippen LogP contribution in [-0.2, 0) is 16.1 Å². The second-order valence-corrected chi connectivity index (χ2v) is 3.44. The number of carbonyl (C=O) groups excluding carboxylic acids is 1. The van der Waals surface area contributed by atoms with Gasteiger partial charge in [-0.3, -0.25) is 0 Å². The average molecular weight is 229 g/mol. The minimum Gasteiger partial charge on any atom is -0.462 e. The first-order valence-corrected chi connectivity index (χ1v) is 5.00. The highest BCUT2D eigenvalue weighted by Crippen LogP contribution is 2.16. The number of ether oxygens (including phenoxy) is 2. The van der Waals surface area contributed by atoms with Gasteiger partial charge in [0.1, 0.15) is 0 Å². The van der Waals surface area contributed by atoms with Crippen molar-refractivity contribution in [3.63, 3.8) is 0 Å². The standard InChI is InChI=1S/C11H13ClO3/c1-3-15-11(13)9-4-8(7-14-2)5-10(12)6-9/h4-6H,3,7H2,1-2H3. The van der Waals surface area contributed by atoms with Crippen LogP contribution in [0.1, 0.15) is 22.8 Å². The van der Waals surface area contributed by atoms with Crippen LogP contribution >= 0.6 is 11.6 Å². The summed E-state index contributed by atoms with van der Waals surface area (Å²) in [7, 11) is 1.59. The molecule has 0 aliphatic rings. The number of rotatable bonds is 4. The normalized spacial score (nSPS) is 10.1. The quantitative estimate of drug-likeness (QED) is 0.744. The lowest BCUT2D eigenvalue weighted by molar-refractivity contribution is 0.0526. The monoisotopic (exact) mass is 228 g/mol. The Kier molecular flexibility index (Phi) is 4.59. The van der Waals surface area contributed by atoms with Crippen LogP contribution in [0.25, 0.3) is 0 Å². The predicted octanol–water partition coefficient (Wildman–Crippen LogP) is 2.66. The summed E-state index contributed by atoms with van der Waals surface area (Å²) >= 11 is 5.87. The topological polar surface area (TPSA) is 35.5 Å². The van der Waals surface area contributed by atoms with Crippen LogP contribution in [0.3, 0.4) is 0 Å². The van der Waals surface area contributed by atoms with Crippen LogP contribution in [-0.4, -0.2) is 19.7 Å². The molecule has 1 aromatic carbocycles. The Bertz CT molecular complexity index is 350. The third-order valence-electron chi connectivity index (χ3n) is 1.78. The molecule has 1 aromatic rings. The molecule has 15 heavy (non-hydrogen) atoms. The van der Waals surface area contributed by atoms with Crippen molar-refractivity contribution in [2.75, 3.05) is 13.7 Å². The predicted molar refractivity (Wildman–Crippen MR) is 58.1 cm³/mol. The fourth-order valence-corrected chi connectivity index (χ4v) is 1.49. The summed E-state index contributed by atoms with van der Waals surface area (Å²) in [5.41, 5.74) is 1.31. The van der Waals surface area contributed by atoms with Gasteiger partial charge in [0.2, 0.25) is 0 Å². The summed E-state index contributed by atoms with van der Waals surface area (Å²) in [6.45, 7) is 2.54. The molecule has 0 unspecified atom stereocenters. The number of halogens is 1. The van der Waals surface area contributed by atoms with E-state index >= 15 is 0 Å².